The Balaban J connectivity index is 1.08. The highest BCUT2D eigenvalue weighted by Crippen LogP contribution is 2.51. The molecular weight excluding hydrogens is 625 g/mol. The van der Waals surface area contributed by atoms with E-state index in [9.17, 15) is 14.4 Å². The summed E-state index contributed by atoms with van der Waals surface area (Å²) < 4.78 is 29.1. The predicted octanol–water partition coefficient (Wildman–Crippen LogP) is 4.42. The van der Waals surface area contributed by atoms with Crippen molar-refractivity contribution < 1.29 is 28.2 Å². The number of carbonyl (C=O) groups is 3. The van der Waals surface area contributed by atoms with Gasteiger partial charge in [-0.3, -0.25) is 14.5 Å². The summed E-state index contributed by atoms with van der Waals surface area (Å²) in [7, 11) is 0. The van der Waals surface area contributed by atoms with Crippen LogP contribution in [0.15, 0.2) is 11.8 Å². The minimum atomic E-state index is -1.28. The largest absolute Gasteiger partial charge is 0.444 e. The fraction of sp³-hybridized carbons (Fsp3) is 0.868. The van der Waals surface area contributed by atoms with Crippen molar-refractivity contribution in [2.75, 3.05) is 39.3 Å². The van der Waals surface area contributed by atoms with Crippen molar-refractivity contribution in [2.24, 2.45) is 23.7 Å². The number of halogens is 1. The summed E-state index contributed by atoms with van der Waals surface area (Å²) in [5.41, 5.74) is -0.410. The molecule has 6 fully saturated rings. The third kappa shape index (κ3) is 7.55. The summed E-state index contributed by atoms with van der Waals surface area (Å²) in [6.45, 7) is 12.6. The molecule has 10 nitrogen and oxygen atoms in total. The number of alkyl halides is 1. The number of Topliss-reactive ketones (excluding diaryl/α,β-unsaturated/α-hetero) is 1. The quantitative estimate of drug-likeness (QED) is 0.300. The van der Waals surface area contributed by atoms with Gasteiger partial charge in [-0.1, -0.05) is 32.6 Å². The molecule has 10 unspecified atom stereocenters. The van der Waals surface area contributed by atoms with E-state index in [1.54, 1.807) is 0 Å². The molecule has 4 heterocycles. The first-order valence-corrected chi connectivity index (χ1v) is 19.5. The molecule has 2 amide bonds. The molecule has 0 aromatic heterocycles. The van der Waals surface area contributed by atoms with Gasteiger partial charge < -0.3 is 29.9 Å². The number of rotatable bonds is 7. The Bertz CT molecular complexity index is 1270. The summed E-state index contributed by atoms with van der Waals surface area (Å²) in [5.74, 6) is 0.830. The SMILES string of the molecule is CC1CCN(CCCNC(=O)C2=CN3C4CC5CCCCC5CC4OC4C(N5CCC(NC(=O)OC(C)(C)C)C5)C(F)CC(C2=O)C43)CC1. The van der Waals surface area contributed by atoms with Crippen molar-refractivity contribution in [2.45, 2.75) is 146 Å². The van der Waals surface area contributed by atoms with Gasteiger partial charge in [-0.15, -0.1) is 0 Å². The van der Waals surface area contributed by atoms with Gasteiger partial charge in [0.05, 0.1) is 35.9 Å². The van der Waals surface area contributed by atoms with E-state index in [1.165, 1.54) is 38.5 Å². The average molecular weight is 686 g/mol. The van der Waals surface area contributed by atoms with Gasteiger partial charge in [-0.25, -0.2) is 9.18 Å². The van der Waals surface area contributed by atoms with Gasteiger partial charge in [0.15, 0.2) is 5.78 Å². The predicted molar refractivity (Wildman–Crippen MR) is 184 cm³/mol. The molecule has 0 aromatic carbocycles. The second kappa shape index (κ2) is 14.4. The fourth-order valence-electron chi connectivity index (χ4n) is 10.4. The molecule has 3 saturated carbocycles. The number of nitrogens with one attached hydrogen (secondary N) is 2. The van der Waals surface area contributed by atoms with Crippen molar-refractivity contribution in [3.8, 4) is 0 Å². The molecule has 7 rings (SSSR count). The highest BCUT2D eigenvalue weighted by atomic mass is 19.1. The first kappa shape index (κ1) is 35.2. The lowest BCUT2D eigenvalue weighted by molar-refractivity contribution is -0.219. The average Bonchev–Trinajstić information content (AvgIpc) is 3.50. The smallest absolute Gasteiger partial charge is 0.407 e. The molecule has 2 N–H and O–H groups in total. The molecule has 0 radical (unpaired) electrons. The van der Waals surface area contributed by atoms with E-state index in [0.29, 0.717) is 37.9 Å². The lowest BCUT2D eigenvalue weighted by Crippen LogP contribution is -2.73. The Hall–Kier alpha value is -2.24. The van der Waals surface area contributed by atoms with E-state index in [1.807, 2.05) is 27.0 Å². The minimum absolute atomic E-state index is 0.0617. The number of fused-ring (bicyclic) bond motifs is 3. The standard InChI is InChI=1S/C38H60FN5O5/c1-23-10-15-42(16-11-23)14-7-13-40-36(46)28-22-44-30-18-24-8-5-6-9-25(24)19-31(30)48-35-32(44)27(34(28)45)20-29(39)33(35)43-17-12-26(21-43)41-37(47)49-38(2,3)4/h22-27,29-33,35H,5-21H2,1-4H3,(H,40,46)(H,41,47). The Morgan fingerprint density at radius 3 is 2.47 bits per heavy atom. The topological polar surface area (TPSA) is 103 Å². The second-order valence-electron chi connectivity index (χ2n) is 17.4. The van der Waals surface area contributed by atoms with Crippen LogP contribution in [0.5, 0.6) is 0 Å². The van der Waals surface area contributed by atoms with Crippen LogP contribution >= 0.6 is 0 Å². The fourth-order valence-corrected chi connectivity index (χ4v) is 10.4. The molecule has 49 heavy (non-hydrogen) atoms. The summed E-state index contributed by atoms with van der Waals surface area (Å²) in [5, 5.41) is 6.04. The summed E-state index contributed by atoms with van der Waals surface area (Å²) >= 11 is 0. The van der Waals surface area contributed by atoms with Crippen molar-refractivity contribution in [1.82, 2.24) is 25.3 Å². The molecule has 11 heteroatoms. The van der Waals surface area contributed by atoms with Gasteiger partial charge in [0, 0.05) is 37.8 Å². The van der Waals surface area contributed by atoms with E-state index in [2.05, 4.69) is 32.3 Å². The van der Waals surface area contributed by atoms with Crippen LogP contribution in [0.25, 0.3) is 0 Å². The Morgan fingerprint density at radius 1 is 1.00 bits per heavy atom. The molecule has 0 aromatic rings. The number of ketones is 1. The zero-order valence-electron chi connectivity index (χ0n) is 30.2. The molecule has 0 bridgehead atoms. The van der Waals surface area contributed by atoms with Crippen LogP contribution in [0.1, 0.15) is 98.3 Å². The van der Waals surface area contributed by atoms with Crippen LogP contribution < -0.4 is 10.6 Å². The number of alkyl carbamates (subject to hydrolysis) is 1. The van der Waals surface area contributed by atoms with Crippen molar-refractivity contribution in [1.29, 1.82) is 0 Å². The van der Waals surface area contributed by atoms with E-state index < -0.39 is 35.9 Å². The first-order chi connectivity index (χ1) is 23.4. The number of piperidine rings is 1. The minimum Gasteiger partial charge on any atom is -0.444 e. The number of morpholine rings is 1. The van der Waals surface area contributed by atoms with Gasteiger partial charge in [-0.05, 0) is 103 Å². The van der Waals surface area contributed by atoms with Crippen LogP contribution in [-0.2, 0) is 19.1 Å². The number of carbonyl (C=O) groups excluding carboxylic acids is 3. The Labute approximate surface area is 292 Å². The van der Waals surface area contributed by atoms with Crippen LogP contribution in [0.2, 0.25) is 0 Å². The third-order valence-electron chi connectivity index (χ3n) is 12.9. The van der Waals surface area contributed by atoms with E-state index >= 15 is 4.39 Å². The zero-order chi connectivity index (χ0) is 34.4. The van der Waals surface area contributed by atoms with Crippen molar-refractivity contribution in [3.63, 3.8) is 0 Å². The second-order valence-corrected chi connectivity index (χ2v) is 17.4. The molecule has 4 aliphatic heterocycles. The van der Waals surface area contributed by atoms with Crippen LogP contribution in [0, 0.1) is 23.7 Å². The molecule has 3 aliphatic carbocycles. The third-order valence-corrected chi connectivity index (χ3v) is 12.9. The van der Waals surface area contributed by atoms with Crippen LogP contribution in [-0.4, -0.2) is 120 Å². The normalized spacial score (nSPS) is 38.6. The van der Waals surface area contributed by atoms with Gasteiger partial charge in [-0.2, -0.15) is 0 Å². The maximum atomic E-state index is 16.6. The number of nitrogens with zero attached hydrogens (tertiary/aromatic N) is 3. The van der Waals surface area contributed by atoms with E-state index in [-0.39, 0.29) is 47.9 Å². The van der Waals surface area contributed by atoms with Gasteiger partial charge in [0.2, 0.25) is 0 Å². The highest BCUT2D eigenvalue weighted by molar-refractivity contribution is 6.20. The van der Waals surface area contributed by atoms with Crippen LogP contribution in [0.3, 0.4) is 0 Å². The monoisotopic (exact) mass is 685 g/mol. The van der Waals surface area contributed by atoms with Gasteiger partial charge in [0.25, 0.3) is 5.91 Å². The number of ether oxygens (including phenoxy) is 2. The lowest BCUT2D eigenvalue weighted by Gasteiger charge is -2.61. The maximum absolute atomic E-state index is 16.6. The summed E-state index contributed by atoms with van der Waals surface area (Å²) in [6.07, 6.45) is 10.5. The van der Waals surface area contributed by atoms with E-state index in [0.717, 1.165) is 44.8 Å². The summed E-state index contributed by atoms with van der Waals surface area (Å²) in [6, 6.07) is -0.889. The lowest BCUT2D eigenvalue weighted by atomic mass is 9.64. The molecular formula is C38H60FN5O5. The Kier molecular flexibility index (Phi) is 10.3. The van der Waals surface area contributed by atoms with Crippen molar-refractivity contribution in [3.05, 3.63) is 11.8 Å². The zero-order valence-corrected chi connectivity index (χ0v) is 30.2. The van der Waals surface area contributed by atoms with Crippen LogP contribution in [0.4, 0.5) is 9.18 Å². The highest BCUT2D eigenvalue weighted by Gasteiger charge is 2.61. The molecule has 3 saturated heterocycles. The number of hydrogen-bond donors (Lipinski definition) is 2. The number of likely N-dealkylation sites (tertiary alicyclic amines) is 2. The molecule has 7 aliphatic rings. The molecule has 274 valence electrons. The number of amides is 2. The van der Waals surface area contributed by atoms with Gasteiger partial charge >= 0.3 is 6.09 Å². The van der Waals surface area contributed by atoms with Crippen molar-refractivity contribution >= 4 is 17.8 Å². The van der Waals surface area contributed by atoms with E-state index in [4.69, 9.17) is 9.47 Å². The van der Waals surface area contributed by atoms with Gasteiger partial charge in [0.1, 0.15) is 11.8 Å². The Morgan fingerprint density at radius 2 is 1.73 bits per heavy atom. The number of hydrogen-bond acceptors (Lipinski definition) is 8. The molecule has 10 atom stereocenters. The summed E-state index contributed by atoms with van der Waals surface area (Å²) in [4.78, 5) is 47.3. The maximum Gasteiger partial charge on any atom is 0.407 e. The first-order valence-electron chi connectivity index (χ1n) is 19.5. The molecule has 0 spiro atoms.